The number of aliphatic hydroxyl groups excluding tert-OH is 9. The predicted molar refractivity (Wildman–Crippen MR) is 316 cm³/mol. The lowest BCUT2D eigenvalue weighted by Gasteiger charge is -2.40. The summed E-state index contributed by atoms with van der Waals surface area (Å²) in [6.45, 7) is 12.6. The van der Waals surface area contributed by atoms with Gasteiger partial charge in [0.25, 0.3) is 0 Å². The third kappa shape index (κ3) is 30.8. The molecular formula is C62H110N2O23. The van der Waals surface area contributed by atoms with Crippen LogP contribution in [0.4, 0.5) is 0 Å². The van der Waals surface area contributed by atoms with Gasteiger partial charge in [0.1, 0.15) is 54.0 Å². The molecule has 0 aromatic rings. The minimum atomic E-state index is -1.20. The number of nitrogens with one attached hydrogen (secondary N) is 2. The number of rotatable bonds is 50. The maximum absolute atomic E-state index is 12.8. The van der Waals surface area contributed by atoms with Gasteiger partial charge in [0, 0.05) is 107 Å². The number of Topliss-reactive ketones (excluding diaryl/α,β-unsaturated/α-hetero) is 3. The number of aliphatic hydroxyl groups is 9. The molecule has 25 heteroatoms. The van der Waals surface area contributed by atoms with Gasteiger partial charge < -0.3 is 99.2 Å². The van der Waals surface area contributed by atoms with Crippen molar-refractivity contribution >= 4 is 29.2 Å². The van der Waals surface area contributed by atoms with E-state index in [0.717, 1.165) is 31.3 Å². The molecule has 25 nitrogen and oxygen atoms in total. The summed E-state index contributed by atoms with van der Waals surface area (Å²) in [5.41, 5.74) is 0.351. The van der Waals surface area contributed by atoms with Crippen LogP contribution < -0.4 is 10.6 Å². The van der Waals surface area contributed by atoms with Gasteiger partial charge in [-0.15, -0.1) is 0 Å². The van der Waals surface area contributed by atoms with Crippen molar-refractivity contribution in [1.29, 1.82) is 0 Å². The van der Waals surface area contributed by atoms with Crippen molar-refractivity contribution in [2.75, 3.05) is 92.4 Å². The van der Waals surface area contributed by atoms with E-state index in [2.05, 4.69) is 17.2 Å². The highest BCUT2D eigenvalue weighted by Crippen LogP contribution is 2.30. The Labute approximate surface area is 514 Å². The molecule has 0 bridgehead atoms. The minimum absolute atomic E-state index is 0.0469. The zero-order valence-electron chi connectivity index (χ0n) is 52.4. The highest BCUT2D eigenvalue weighted by molar-refractivity contribution is 5.79. The fraction of sp³-hybridized carbons (Fsp3) is 0.887. The second-order valence-corrected chi connectivity index (χ2v) is 24.2. The Morgan fingerprint density at radius 1 is 0.402 bits per heavy atom. The van der Waals surface area contributed by atoms with Gasteiger partial charge in [-0.2, -0.15) is 0 Å². The normalized spacial score (nSPS) is 28.2. The molecule has 0 saturated carbocycles. The molecule has 16 unspecified atom stereocenters. The zero-order valence-corrected chi connectivity index (χ0v) is 52.4. The van der Waals surface area contributed by atoms with E-state index >= 15 is 0 Å². The fourth-order valence-corrected chi connectivity index (χ4v) is 10.3. The quantitative estimate of drug-likeness (QED) is 0.0306. The number of amides is 2. The Kier molecular flexibility index (Phi) is 40.0. The van der Waals surface area contributed by atoms with Crippen molar-refractivity contribution in [2.24, 2.45) is 23.2 Å². The highest BCUT2D eigenvalue weighted by atomic mass is 16.7. The van der Waals surface area contributed by atoms with Gasteiger partial charge in [0.2, 0.25) is 11.8 Å². The first-order chi connectivity index (χ1) is 41.6. The topological polar surface area (TPSA) is 375 Å². The minimum Gasteiger partial charge on any atom is -0.394 e. The number of carbonyl (C=O) groups is 5. The first-order valence-corrected chi connectivity index (χ1v) is 31.9. The van der Waals surface area contributed by atoms with Crippen molar-refractivity contribution < 1.29 is 113 Å². The van der Waals surface area contributed by atoms with E-state index in [1.54, 1.807) is 20.8 Å². The van der Waals surface area contributed by atoms with Crippen molar-refractivity contribution in [3.63, 3.8) is 0 Å². The molecule has 16 atom stereocenters. The van der Waals surface area contributed by atoms with E-state index in [-0.39, 0.29) is 101 Å². The molecule has 0 radical (unpaired) electrons. The van der Waals surface area contributed by atoms with E-state index in [1.165, 1.54) is 0 Å². The fourth-order valence-electron chi connectivity index (χ4n) is 10.3. The van der Waals surface area contributed by atoms with Crippen LogP contribution >= 0.6 is 0 Å². The molecule has 11 N–H and O–H groups in total. The summed E-state index contributed by atoms with van der Waals surface area (Å²) in [4.78, 5) is 63.1. The van der Waals surface area contributed by atoms with Crippen LogP contribution in [0.15, 0.2) is 12.2 Å². The molecule has 3 aliphatic rings. The molecular weight excluding hydrogens is 1140 g/mol. The van der Waals surface area contributed by atoms with Gasteiger partial charge in [0.05, 0.1) is 77.8 Å². The number of ether oxygens (including phenoxy) is 9. The second kappa shape index (κ2) is 44.5. The third-order valence-electron chi connectivity index (χ3n) is 16.3. The molecule has 3 fully saturated rings. The zero-order chi connectivity index (χ0) is 64.2. The van der Waals surface area contributed by atoms with Gasteiger partial charge in [-0.05, 0) is 77.0 Å². The van der Waals surface area contributed by atoms with E-state index in [1.807, 2.05) is 6.92 Å². The molecule has 3 heterocycles. The van der Waals surface area contributed by atoms with Gasteiger partial charge in [-0.1, -0.05) is 46.3 Å². The summed E-state index contributed by atoms with van der Waals surface area (Å²) >= 11 is 0. The smallest absolute Gasteiger partial charge is 0.222 e. The van der Waals surface area contributed by atoms with Crippen LogP contribution in [-0.4, -0.2) is 241 Å². The lowest BCUT2D eigenvalue weighted by Crippen LogP contribution is -2.55. The number of carbonyl (C=O) groups excluding carboxylic acids is 5. The number of allylic oxidation sites excluding steroid dienone is 1. The molecule has 0 aromatic carbocycles. The number of ketones is 3. The van der Waals surface area contributed by atoms with Crippen LogP contribution in [0, 0.1) is 23.2 Å². The summed E-state index contributed by atoms with van der Waals surface area (Å²) in [6, 6.07) is 0. The van der Waals surface area contributed by atoms with Crippen molar-refractivity contribution in [3.8, 4) is 0 Å². The average Bonchev–Trinajstić information content (AvgIpc) is 2.62. The summed E-state index contributed by atoms with van der Waals surface area (Å²) in [5, 5.41) is 94.7. The molecule has 87 heavy (non-hydrogen) atoms. The number of hydrogen-bond acceptors (Lipinski definition) is 23. The Hall–Kier alpha value is -3.03. The summed E-state index contributed by atoms with van der Waals surface area (Å²) in [5.74, 6) is -1.55. The Morgan fingerprint density at radius 2 is 0.724 bits per heavy atom. The molecule has 0 aromatic heterocycles. The summed E-state index contributed by atoms with van der Waals surface area (Å²) in [6.07, 6.45) is -0.938. The van der Waals surface area contributed by atoms with Crippen LogP contribution in [0.3, 0.4) is 0 Å². The number of unbranched alkanes of at least 4 members (excludes halogenated alkanes) is 5. The lowest BCUT2D eigenvalue weighted by atomic mass is 9.92. The van der Waals surface area contributed by atoms with E-state index in [0.29, 0.717) is 110 Å². The van der Waals surface area contributed by atoms with Crippen LogP contribution in [0.5, 0.6) is 0 Å². The van der Waals surface area contributed by atoms with E-state index in [9.17, 15) is 69.9 Å². The van der Waals surface area contributed by atoms with Crippen molar-refractivity contribution in [1.82, 2.24) is 10.6 Å². The maximum atomic E-state index is 12.8. The molecule has 0 spiro atoms. The largest absolute Gasteiger partial charge is 0.394 e. The maximum Gasteiger partial charge on any atom is 0.222 e. The average molecular weight is 1250 g/mol. The third-order valence-corrected chi connectivity index (χ3v) is 16.3. The van der Waals surface area contributed by atoms with Crippen molar-refractivity contribution in [2.45, 2.75) is 236 Å². The van der Waals surface area contributed by atoms with Crippen LogP contribution in [-0.2, 0) is 66.6 Å². The van der Waals surface area contributed by atoms with Gasteiger partial charge in [-0.25, -0.2) is 0 Å². The summed E-state index contributed by atoms with van der Waals surface area (Å²) < 4.78 is 52.0. The summed E-state index contributed by atoms with van der Waals surface area (Å²) in [7, 11) is 0. The second-order valence-electron chi connectivity index (χ2n) is 24.2. The van der Waals surface area contributed by atoms with E-state index < -0.39 is 117 Å². The van der Waals surface area contributed by atoms with Crippen LogP contribution in [0.25, 0.3) is 0 Å². The monoisotopic (exact) mass is 1250 g/mol. The molecule has 506 valence electrons. The van der Waals surface area contributed by atoms with Gasteiger partial charge in [0.15, 0.2) is 18.9 Å². The van der Waals surface area contributed by atoms with Crippen LogP contribution in [0.2, 0.25) is 0 Å². The lowest BCUT2D eigenvalue weighted by molar-refractivity contribution is -0.282. The SMILES string of the molecule is C=C(CCCCOC1OC(CO)C(O)C(O)C1C)CCCC(=O)CCOCC(C)(COCCC(=O)CCCCCC(=O)CCCCOC1OC(CO)C(O)C(O)C1C)COCCC(=O)NCCCNC(=O)CCCCOC1OC(CO)C(O)C(O)C1C. The van der Waals surface area contributed by atoms with Crippen LogP contribution in [0.1, 0.15) is 163 Å². The number of hydrogen-bond donors (Lipinski definition) is 11. The molecule has 3 saturated heterocycles. The highest BCUT2D eigenvalue weighted by Gasteiger charge is 2.44. The standard InChI is InChI=1S/C62H110N2O23/c1-41(17-9-12-29-82-59-42(2)53(73)56(76)48(35-65)85-59)18-15-22-47(70)25-33-80-39-62(5,38-79-32-24-46(69)20-8-6-7-19-45(68)21-10-13-30-83-60-43(3)54(74)57(77)49(36-66)86-60)40-81-34-26-52(72)64-28-16-27-63-51(71)23-11-14-31-84-61-44(4)55(75)58(78)50(37-67)87-61/h42-44,48-50,53-61,65-67,73-78H,1,6-40H2,2-5H3,(H,63,71)(H,64,72). The van der Waals surface area contributed by atoms with Gasteiger partial charge >= 0.3 is 0 Å². The molecule has 3 aliphatic heterocycles. The van der Waals surface area contributed by atoms with E-state index in [4.69, 9.17) is 42.6 Å². The van der Waals surface area contributed by atoms with Gasteiger partial charge in [-0.3, -0.25) is 24.0 Å². The Morgan fingerprint density at radius 3 is 1.13 bits per heavy atom. The predicted octanol–water partition coefficient (Wildman–Crippen LogP) is 2.01. The molecule has 3 rings (SSSR count). The van der Waals surface area contributed by atoms with Crippen molar-refractivity contribution in [3.05, 3.63) is 12.2 Å². The first-order valence-electron chi connectivity index (χ1n) is 31.9. The molecule has 0 aliphatic carbocycles. The first kappa shape index (κ1) is 78.2. The molecule has 2 amide bonds. The Bertz CT molecular complexity index is 1840. The Balaban J connectivity index is 1.30.